The minimum Gasteiger partial charge on any atom is -0.497 e. The molecular weight excluding hydrogens is 430 g/mol. The fourth-order valence-corrected chi connectivity index (χ4v) is 4.00. The van der Waals surface area contributed by atoms with Gasteiger partial charge in [-0.05, 0) is 44.0 Å². The van der Waals surface area contributed by atoms with Crippen molar-refractivity contribution in [3.05, 3.63) is 54.1 Å². The molecule has 32 heavy (non-hydrogen) atoms. The number of para-hydroxylation sites is 1. The number of carbonyl (C=O) groups is 2. The molecule has 2 N–H and O–H groups in total. The van der Waals surface area contributed by atoms with Crippen LogP contribution in [0.25, 0.3) is 0 Å². The SMILES string of the molecule is CC[C@H](C)NC(=O)c1ccccc1NC(=O)CCCN(c1cccc(OC)c1)S(C)(=O)=O. The van der Waals surface area contributed by atoms with E-state index in [9.17, 15) is 18.0 Å². The van der Waals surface area contributed by atoms with E-state index in [1.165, 1.54) is 11.4 Å². The molecule has 8 nitrogen and oxygen atoms in total. The third-order valence-electron chi connectivity index (χ3n) is 4.94. The van der Waals surface area contributed by atoms with Crippen LogP contribution in [0.15, 0.2) is 48.5 Å². The van der Waals surface area contributed by atoms with E-state index >= 15 is 0 Å². The Bertz CT molecular complexity index is 1040. The lowest BCUT2D eigenvalue weighted by molar-refractivity contribution is -0.116. The number of nitrogens with zero attached hydrogens (tertiary/aromatic N) is 1. The number of rotatable bonds is 11. The molecule has 0 radical (unpaired) electrons. The van der Waals surface area contributed by atoms with Gasteiger partial charge in [0.1, 0.15) is 5.75 Å². The maximum atomic E-state index is 12.5. The standard InChI is InChI=1S/C23H31N3O5S/c1-5-17(2)24-23(28)20-12-6-7-13-21(20)25-22(27)14-9-15-26(32(4,29)30)18-10-8-11-19(16-18)31-3/h6-8,10-13,16-17H,5,9,14-15H2,1-4H3,(H,24,28)(H,25,27)/t17-/m0/s1. The molecule has 0 bridgehead atoms. The molecule has 0 fully saturated rings. The molecule has 2 aromatic rings. The summed E-state index contributed by atoms with van der Waals surface area (Å²) in [6.45, 7) is 4.02. The molecule has 0 unspecified atom stereocenters. The zero-order valence-electron chi connectivity index (χ0n) is 18.9. The number of hydrogen-bond acceptors (Lipinski definition) is 5. The number of ether oxygens (including phenoxy) is 1. The van der Waals surface area contributed by atoms with Gasteiger partial charge in [-0.25, -0.2) is 8.42 Å². The van der Waals surface area contributed by atoms with Crippen LogP contribution in [-0.4, -0.2) is 46.2 Å². The number of methoxy groups -OCH3 is 1. The van der Waals surface area contributed by atoms with Crippen molar-refractivity contribution in [2.75, 3.05) is 29.5 Å². The molecule has 0 aliphatic carbocycles. The first kappa shape index (κ1) is 25.2. The smallest absolute Gasteiger partial charge is 0.253 e. The molecule has 9 heteroatoms. The monoisotopic (exact) mass is 461 g/mol. The third-order valence-corrected chi connectivity index (χ3v) is 6.14. The van der Waals surface area contributed by atoms with Crippen LogP contribution in [0, 0.1) is 0 Å². The summed E-state index contributed by atoms with van der Waals surface area (Å²) in [6, 6.07) is 13.6. The Morgan fingerprint density at radius 2 is 1.84 bits per heavy atom. The highest BCUT2D eigenvalue weighted by Gasteiger charge is 2.19. The van der Waals surface area contributed by atoms with Gasteiger partial charge < -0.3 is 15.4 Å². The van der Waals surface area contributed by atoms with Crippen molar-refractivity contribution in [1.82, 2.24) is 5.32 Å². The molecule has 2 amide bonds. The molecule has 0 saturated carbocycles. The molecule has 0 aromatic heterocycles. The van der Waals surface area contributed by atoms with E-state index in [1.807, 2.05) is 13.8 Å². The molecule has 174 valence electrons. The zero-order valence-corrected chi connectivity index (χ0v) is 19.7. The van der Waals surface area contributed by atoms with E-state index in [4.69, 9.17) is 4.74 Å². The number of amides is 2. The van der Waals surface area contributed by atoms with Crippen molar-refractivity contribution < 1.29 is 22.7 Å². The summed E-state index contributed by atoms with van der Waals surface area (Å²) < 4.78 is 31.0. The van der Waals surface area contributed by atoms with E-state index in [-0.39, 0.29) is 30.8 Å². The fourth-order valence-electron chi connectivity index (χ4n) is 3.04. The van der Waals surface area contributed by atoms with Crippen LogP contribution in [0.5, 0.6) is 5.75 Å². The molecule has 1 atom stereocenters. The molecule has 0 aliphatic rings. The highest BCUT2D eigenvalue weighted by Crippen LogP contribution is 2.23. The van der Waals surface area contributed by atoms with Crippen LogP contribution in [0.1, 0.15) is 43.5 Å². The summed E-state index contributed by atoms with van der Waals surface area (Å²) in [5, 5.41) is 5.65. The Hall–Kier alpha value is -3.07. The summed E-state index contributed by atoms with van der Waals surface area (Å²) >= 11 is 0. The van der Waals surface area contributed by atoms with Crippen LogP contribution in [-0.2, 0) is 14.8 Å². The average Bonchev–Trinajstić information content (AvgIpc) is 2.76. The molecule has 0 spiro atoms. The fraction of sp³-hybridized carbons (Fsp3) is 0.391. The topological polar surface area (TPSA) is 105 Å². The van der Waals surface area contributed by atoms with Gasteiger partial charge in [0.05, 0.1) is 30.3 Å². The van der Waals surface area contributed by atoms with Gasteiger partial charge in [-0.2, -0.15) is 0 Å². The average molecular weight is 462 g/mol. The maximum Gasteiger partial charge on any atom is 0.253 e. The van der Waals surface area contributed by atoms with Crippen LogP contribution >= 0.6 is 0 Å². The Morgan fingerprint density at radius 3 is 2.50 bits per heavy atom. The molecule has 2 aromatic carbocycles. The van der Waals surface area contributed by atoms with Crippen LogP contribution in [0.3, 0.4) is 0 Å². The second kappa shape index (κ2) is 11.5. The van der Waals surface area contributed by atoms with E-state index in [2.05, 4.69) is 10.6 Å². The van der Waals surface area contributed by atoms with Gasteiger partial charge in [-0.1, -0.05) is 25.1 Å². The summed E-state index contributed by atoms with van der Waals surface area (Å²) in [4.78, 5) is 25.0. The van der Waals surface area contributed by atoms with E-state index < -0.39 is 10.0 Å². The number of anilines is 2. The lowest BCUT2D eigenvalue weighted by atomic mass is 10.1. The van der Waals surface area contributed by atoms with E-state index in [0.717, 1.165) is 12.7 Å². The molecule has 0 aliphatic heterocycles. The van der Waals surface area contributed by atoms with Crippen molar-refractivity contribution in [1.29, 1.82) is 0 Å². The van der Waals surface area contributed by atoms with Gasteiger partial charge in [0.25, 0.3) is 5.91 Å². The summed E-state index contributed by atoms with van der Waals surface area (Å²) in [5.74, 6) is -0.00872. The van der Waals surface area contributed by atoms with Gasteiger partial charge in [-0.3, -0.25) is 13.9 Å². The molecule has 0 heterocycles. The first-order valence-corrected chi connectivity index (χ1v) is 12.3. The van der Waals surface area contributed by atoms with Gasteiger partial charge in [0, 0.05) is 25.1 Å². The first-order chi connectivity index (χ1) is 15.2. The van der Waals surface area contributed by atoms with Crippen LogP contribution < -0.4 is 19.7 Å². The predicted octanol–water partition coefficient (Wildman–Crippen LogP) is 3.41. The molecular formula is C23H31N3O5S. The first-order valence-electron chi connectivity index (χ1n) is 10.5. The summed E-state index contributed by atoms with van der Waals surface area (Å²) in [5.41, 5.74) is 1.28. The third kappa shape index (κ3) is 7.26. The Balaban J connectivity index is 2.02. The van der Waals surface area contributed by atoms with Crippen molar-refractivity contribution in [3.63, 3.8) is 0 Å². The van der Waals surface area contributed by atoms with Crippen molar-refractivity contribution in [2.45, 2.75) is 39.2 Å². The van der Waals surface area contributed by atoms with Gasteiger partial charge >= 0.3 is 0 Å². The van der Waals surface area contributed by atoms with E-state index in [1.54, 1.807) is 48.5 Å². The van der Waals surface area contributed by atoms with Crippen molar-refractivity contribution >= 4 is 33.2 Å². The number of sulfonamides is 1. The lowest BCUT2D eigenvalue weighted by Gasteiger charge is -2.22. The van der Waals surface area contributed by atoms with Crippen molar-refractivity contribution in [3.8, 4) is 5.75 Å². The normalized spacial score (nSPS) is 12.0. The number of carbonyl (C=O) groups excluding carboxylic acids is 2. The Morgan fingerprint density at radius 1 is 1.12 bits per heavy atom. The Labute approximate surface area is 190 Å². The number of benzene rings is 2. The second-order valence-electron chi connectivity index (χ2n) is 7.52. The largest absolute Gasteiger partial charge is 0.497 e. The van der Waals surface area contributed by atoms with Gasteiger partial charge in [-0.15, -0.1) is 0 Å². The molecule has 2 rings (SSSR count). The van der Waals surface area contributed by atoms with Crippen molar-refractivity contribution in [2.24, 2.45) is 0 Å². The molecule has 0 saturated heterocycles. The highest BCUT2D eigenvalue weighted by molar-refractivity contribution is 7.92. The second-order valence-corrected chi connectivity index (χ2v) is 9.42. The highest BCUT2D eigenvalue weighted by atomic mass is 32.2. The van der Waals surface area contributed by atoms with Crippen LogP contribution in [0.2, 0.25) is 0 Å². The number of nitrogens with one attached hydrogen (secondary N) is 2. The minimum absolute atomic E-state index is 0.0184. The van der Waals surface area contributed by atoms with Gasteiger partial charge in [0.15, 0.2) is 0 Å². The maximum absolute atomic E-state index is 12.5. The minimum atomic E-state index is -3.54. The van der Waals surface area contributed by atoms with Gasteiger partial charge in [0.2, 0.25) is 15.9 Å². The summed E-state index contributed by atoms with van der Waals surface area (Å²) in [6.07, 6.45) is 2.32. The number of hydrogen-bond donors (Lipinski definition) is 2. The Kier molecular flexibility index (Phi) is 9.07. The van der Waals surface area contributed by atoms with E-state index in [0.29, 0.717) is 29.1 Å². The summed E-state index contributed by atoms with van der Waals surface area (Å²) in [7, 11) is -2.03. The lowest BCUT2D eigenvalue weighted by Crippen LogP contribution is -2.33. The van der Waals surface area contributed by atoms with Crippen LogP contribution in [0.4, 0.5) is 11.4 Å². The quantitative estimate of drug-likeness (QED) is 0.534. The predicted molar refractivity (Wildman–Crippen MR) is 127 cm³/mol. The zero-order chi connectivity index (χ0) is 23.7.